The minimum absolute atomic E-state index is 0. The van der Waals surface area contributed by atoms with Gasteiger partial charge < -0.3 is 24.8 Å². The Kier molecular flexibility index (Phi) is 9.44. The molecule has 0 aromatic heterocycles. The summed E-state index contributed by atoms with van der Waals surface area (Å²) in [5, 5.41) is 2.69. The first-order valence-corrected chi connectivity index (χ1v) is 9.12. The zero-order valence-corrected chi connectivity index (χ0v) is 17.1. The molecule has 4 rings (SSSR count). The Morgan fingerprint density at radius 3 is 2.13 bits per heavy atom. The van der Waals surface area contributed by atoms with Crippen LogP contribution in [0.25, 0.3) is 10.8 Å². The molecule has 0 aliphatic heterocycles. The predicted octanol–water partition coefficient (Wildman–Crippen LogP) is -0.554. The molecule has 1 saturated carbocycles. The Bertz CT molecular complexity index is 629. The first-order valence-electron chi connectivity index (χ1n) is 7.89. The van der Waals surface area contributed by atoms with Crippen molar-refractivity contribution in [3.63, 3.8) is 0 Å². The van der Waals surface area contributed by atoms with Crippen molar-refractivity contribution in [2.45, 2.75) is 38.0 Å². The zero-order chi connectivity index (χ0) is 14.5. The van der Waals surface area contributed by atoms with Gasteiger partial charge in [-0.25, -0.2) is 0 Å². The number of benzene rings is 1. The molecule has 2 aromatic rings. The first kappa shape index (κ1) is 20.7. The quantitative estimate of drug-likeness (QED) is 0.540. The Labute approximate surface area is 166 Å². The molecule has 2 aliphatic carbocycles. The summed E-state index contributed by atoms with van der Waals surface area (Å²) in [5.41, 5.74) is 1.40. The molecule has 2 aliphatic rings. The molecule has 0 atom stereocenters. The fourth-order valence-corrected chi connectivity index (χ4v) is 3.87. The average molecular weight is 424 g/mol. The van der Waals surface area contributed by atoms with Gasteiger partial charge in [0.05, 0.1) is 0 Å². The molecule has 0 spiro atoms. The van der Waals surface area contributed by atoms with Gasteiger partial charge in [0, 0.05) is 5.92 Å². The molecular weight excluding hydrogens is 402 g/mol. The van der Waals surface area contributed by atoms with E-state index in [0.29, 0.717) is 5.92 Å². The van der Waals surface area contributed by atoms with Crippen molar-refractivity contribution in [1.29, 1.82) is 0 Å². The molecule has 0 N–H and O–H groups in total. The Hall–Kier alpha value is -0.357. The van der Waals surface area contributed by atoms with Crippen LogP contribution in [0, 0.1) is 0 Å². The summed E-state index contributed by atoms with van der Waals surface area (Å²) in [4.78, 5) is 0. The van der Waals surface area contributed by atoms with Crippen molar-refractivity contribution in [3.8, 4) is 0 Å². The van der Waals surface area contributed by atoms with Crippen LogP contribution in [0.4, 0.5) is 0 Å². The van der Waals surface area contributed by atoms with Crippen LogP contribution >= 0.6 is 0 Å². The van der Waals surface area contributed by atoms with Crippen LogP contribution in [0.5, 0.6) is 0 Å². The summed E-state index contributed by atoms with van der Waals surface area (Å²) >= 11 is 1.69. The summed E-state index contributed by atoms with van der Waals surface area (Å²) in [7, 11) is 0. The topological polar surface area (TPSA) is 0 Å². The van der Waals surface area contributed by atoms with E-state index < -0.39 is 0 Å². The van der Waals surface area contributed by atoms with Gasteiger partial charge in [0.25, 0.3) is 0 Å². The molecule has 2 aromatic carbocycles. The van der Waals surface area contributed by atoms with Crippen molar-refractivity contribution in [3.05, 3.63) is 66.3 Å². The number of rotatable bonds is 1. The van der Waals surface area contributed by atoms with E-state index in [-0.39, 0.29) is 24.8 Å². The zero-order valence-electron chi connectivity index (χ0n) is 13.1. The van der Waals surface area contributed by atoms with Gasteiger partial charge in [-0.1, -0.05) is 30.4 Å². The molecular formula is C20H21Cl2Zr-. The molecule has 0 nitrogen and oxygen atoms in total. The van der Waals surface area contributed by atoms with Gasteiger partial charge in [-0.05, 0) is 0 Å². The van der Waals surface area contributed by atoms with E-state index in [1.807, 2.05) is 0 Å². The first-order chi connectivity index (χ1) is 10.3. The SMILES string of the molecule is C1=CC(c2cc3ccccc3[cH-]2)C=C1.[Cl-].[Cl-].[Zr+2]=[C]1CCCCC1. The summed E-state index contributed by atoms with van der Waals surface area (Å²) in [6.45, 7) is 0. The van der Waals surface area contributed by atoms with Crippen LogP contribution in [-0.4, -0.2) is 3.21 Å². The normalized spacial score (nSPS) is 16.5. The van der Waals surface area contributed by atoms with Crippen LogP contribution in [0.1, 0.15) is 43.6 Å². The van der Waals surface area contributed by atoms with Crippen LogP contribution < -0.4 is 24.8 Å². The maximum atomic E-state index is 2.28. The molecule has 0 heterocycles. The maximum absolute atomic E-state index is 2.28. The van der Waals surface area contributed by atoms with E-state index in [4.69, 9.17) is 0 Å². The summed E-state index contributed by atoms with van der Waals surface area (Å²) in [5.74, 6) is 0.488. The molecule has 0 radical (unpaired) electrons. The van der Waals surface area contributed by atoms with Crippen LogP contribution in [0.15, 0.2) is 60.7 Å². The fourth-order valence-electron chi connectivity index (χ4n) is 3.00. The minimum atomic E-state index is 0. The molecule has 0 amide bonds. The van der Waals surface area contributed by atoms with E-state index >= 15 is 0 Å². The number of allylic oxidation sites excluding steroid dienone is 4. The van der Waals surface area contributed by atoms with Crippen molar-refractivity contribution in [1.82, 2.24) is 0 Å². The monoisotopic (exact) mass is 421 g/mol. The molecule has 0 saturated heterocycles. The third-order valence-corrected chi connectivity index (χ3v) is 5.46. The Morgan fingerprint density at radius 1 is 0.913 bits per heavy atom. The van der Waals surface area contributed by atoms with E-state index in [2.05, 4.69) is 60.7 Å². The van der Waals surface area contributed by atoms with Gasteiger partial charge in [-0.3, -0.25) is 0 Å². The third-order valence-electron chi connectivity index (χ3n) is 4.23. The van der Waals surface area contributed by atoms with Crippen LogP contribution in [-0.2, 0) is 24.2 Å². The van der Waals surface area contributed by atoms with E-state index in [0.717, 1.165) is 0 Å². The van der Waals surface area contributed by atoms with Crippen molar-refractivity contribution < 1.29 is 49.0 Å². The van der Waals surface area contributed by atoms with Gasteiger partial charge >= 0.3 is 59.5 Å². The van der Waals surface area contributed by atoms with Gasteiger partial charge in [-0.15, -0.1) is 40.6 Å². The molecule has 23 heavy (non-hydrogen) atoms. The number of halogens is 2. The number of hydrogen-bond acceptors (Lipinski definition) is 0. The number of fused-ring (bicyclic) bond motifs is 1. The van der Waals surface area contributed by atoms with E-state index in [1.54, 1.807) is 27.4 Å². The Balaban J connectivity index is 0.000000255. The van der Waals surface area contributed by atoms with Gasteiger partial charge in [-0.2, -0.15) is 6.07 Å². The molecule has 0 bridgehead atoms. The van der Waals surface area contributed by atoms with Gasteiger partial charge in [0.2, 0.25) is 0 Å². The van der Waals surface area contributed by atoms with Crippen molar-refractivity contribution in [2.24, 2.45) is 0 Å². The second kappa shape index (κ2) is 10.5. The Morgan fingerprint density at radius 2 is 1.57 bits per heavy atom. The standard InChI is InChI=1S/C14H11.C6H10.2ClH.Zr/c1-2-6-11(5-1)14-9-12-7-3-4-8-13(12)10-14;1-2-4-6-5-3-1;;;/h1-11H;1-5H2;2*1H;/q-1;;;;+2/p-2. The van der Waals surface area contributed by atoms with Crippen molar-refractivity contribution >= 4 is 14.0 Å². The van der Waals surface area contributed by atoms with Gasteiger partial charge in [0.15, 0.2) is 0 Å². The number of hydrogen-bond donors (Lipinski definition) is 0. The van der Waals surface area contributed by atoms with Gasteiger partial charge in [0.1, 0.15) is 0 Å². The third kappa shape index (κ3) is 5.89. The van der Waals surface area contributed by atoms with E-state index in [1.165, 1.54) is 48.4 Å². The van der Waals surface area contributed by atoms with Crippen LogP contribution in [0.3, 0.4) is 0 Å². The molecule has 0 unspecified atom stereocenters. The second-order valence-electron chi connectivity index (χ2n) is 5.88. The summed E-state index contributed by atoms with van der Waals surface area (Å²) in [6.07, 6.45) is 16.0. The molecule has 1 fully saturated rings. The molecule has 120 valence electrons. The summed E-state index contributed by atoms with van der Waals surface area (Å²) in [6, 6.07) is 13.1. The predicted molar refractivity (Wildman–Crippen MR) is 88.7 cm³/mol. The average Bonchev–Trinajstić information content (AvgIpc) is 3.18. The summed E-state index contributed by atoms with van der Waals surface area (Å²) < 4.78 is 1.80. The van der Waals surface area contributed by atoms with E-state index in [9.17, 15) is 0 Å². The fraction of sp³-hybridized carbons (Fsp3) is 0.300. The van der Waals surface area contributed by atoms with Crippen molar-refractivity contribution in [2.75, 3.05) is 0 Å². The molecule has 3 heteroatoms. The second-order valence-corrected chi connectivity index (χ2v) is 7.62. The van der Waals surface area contributed by atoms with Crippen LogP contribution in [0.2, 0.25) is 0 Å².